The highest BCUT2D eigenvalue weighted by molar-refractivity contribution is 8.00. The zero-order valence-corrected chi connectivity index (χ0v) is 8.75. The highest BCUT2D eigenvalue weighted by Crippen LogP contribution is 2.34. The highest BCUT2D eigenvalue weighted by Gasteiger charge is 2.15. The third-order valence-electron chi connectivity index (χ3n) is 1.50. The molecule has 0 aliphatic rings. The van der Waals surface area contributed by atoms with Gasteiger partial charge in [-0.3, -0.25) is 10.1 Å². The molecule has 1 aromatic carbocycles. The Bertz CT molecular complexity index is 352. The molecule has 0 unspecified atom stereocenters. The Hall–Kier alpha value is -1.23. The molecule has 0 radical (unpaired) electrons. The SMILES string of the molecule is CC(C)Sc1ccc(O)cc1[N+](=O)[O-]. The van der Waals surface area contributed by atoms with Gasteiger partial charge in [0.15, 0.2) is 0 Å². The van der Waals surface area contributed by atoms with Crippen molar-refractivity contribution >= 4 is 17.4 Å². The number of nitro groups is 1. The fraction of sp³-hybridized carbons (Fsp3) is 0.333. The predicted molar refractivity (Wildman–Crippen MR) is 55.8 cm³/mol. The monoisotopic (exact) mass is 213 g/mol. The lowest BCUT2D eigenvalue weighted by molar-refractivity contribution is -0.387. The van der Waals surface area contributed by atoms with Gasteiger partial charge in [-0.1, -0.05) is 13.8 Å². The maximum atomic E-state index is 10.6. The van der Waals surface area contributed by atoms with Crippen molar-refractivity contribution in [3.8, 4) is 5.75 Å². The molecule has 14 heavy (non-hydrogen) atoms. The molecule has 0 saturated carbocycles. The molecular formula is C9H11NO3S. The van der Waals surface area contributed by atoms with Crippen LogP contribution in [0.4, 0.5) is 5.69 Å². The molecule has 0 spiro atoms. The summed E-state index contributed by atoms with van der Waals surface area (Å²) >= 11 is 1.41. The number of benzene rings is 1. The molecule has 0 aromatic heterocycles. The van der Waals surface area contributed by atoms with Crippen LogP contribution in [0.15, 0.2) is 23.1 Å². The molecule has 4 nitrogen and oxygen atoms in total. The van der Waals surface area contributed by atoms with Crippen molar-refractivity contribution in [3.05, 3.63) is 28.3 Å². The van der Waals surface area contributed by atoms with Gasteiger partial charge in [0.05, 0.1) is 15.9 Å². The second-order valence-electron chi connectivity index (χ2n) is 3.08. The van der Waals surface area contributed by atoms with Crippen LogP contribution in [0, 0.1) is 10.1 Å². The minimum atomic E-state index is -0.482. The van der Waals surface area contributed by atoms with Crippen molar-refractivity contribution in [2.24, 2.45) is 0 Å². The van der Waals surface area contributed by atoms with E-state index in [4.69, 9.17) is 5.11 Å². The van der Waals surface area contributed by atoms with Gasteiger partial charge in [0.2, 0.25) is 0 Å². The minimum absolute atomic E-state index is 0.0382. The van der Waals surface area contributed by atoms with Gasteiger partial charge < -0.3 is 5.11 Å². The summed E-state index contributed by atoms with van der Waals surface area (Å²) in [6.45, 7) is 3.92. The summed E-state index contributed by atoms with van der Waals surface area (Å²) in [7, 11) is 0. The molecule has 1 N–H and O–H groups in total. The van der Waals surface area contributed by atoms with Crippen molar-refractivity contribution in [2.45, 2.75) is 24.0 Å². The van der Waals surface area contributed by atoms with E-state index < -0.39 is 4.92 Å². The first-order chi connectivity index (χ1) is 6.50. The van der Waals surface area contributed by atoms with E-state index in [1.807, 2.05) is 13.8 Å². The number of rotatable bonds is 3. The summed E-state index contributed by atoms with van der Waals surface area (Å²) in [6.07, 6.45) is 0. The van der Waals surface area contributed by atoms with E-state index in [9.17, 15) is 10.1 Å². The number of phenolic OH excluding ortho intramolecular Hbond substituents is 1. The summed E-state index contributed by atoms with van der Waals surface area (Å²) in [5, 5.41) is 20.0. The molecule has 1 aromatic rings. The van der Waals surface area contributed by atoms with Crippen LogP contribution < -0.4 is 0 Å². The lowest BCUT2D eigenvalue weighted by Gasteiger charge is -2.05. The first-order valence-corrected chi connectivity index (χ1v) is 5.02. The van der Waals surface area contributed by atoms with Crippen LogP contribution in [0.1, 0.15) is 13.8 Å². The first-order valence-electron chi connectivity index (χ1n) is 4.14. The van der Waals surface area contributed by atoms with Gasteiger partial charge in [-0.2, -0.15) is 0 Å². The van der Waals surface area contributed by atoms with Gasteiger partial charge in [0.25, 0.3) is 5.69 Å². The molecule has 0 fully saturated rings. The molecule has 0 bridgehead atoms. The smallest absolute Gasteiger partial charge is 0.286 e. The van der Waals surface area contributed by atoms with Crippen molar-refractivity contribution in [3.63, 3.8) is 0 Å². The third kappa shape index (κ3) is 2.63. The summed E-state index contributed by atoms with van der Waals surface area (Å²) in [5.74, 6) is -0.0789. The van der Waals surface area contributed by atoms with E-state index in [-0.39, 0.29) is 16.7 Å². The van der Waals surface area contributed by atoms with Gasteiger partial charge in [-0.25, -0.2) is 0 Å². The Morgan fingerprint density at radius 1 is 1.50 bits per heavy atom. The summed E-state index contributed by atoms with van der Waals surface area (Å²) in [5.41, 5.74) is -0.0382. The molecule has 0 aliphatic carbocycles. The third-order valence-corrected chi connectivity index (χ3v) is 2.57. The molecule has 0 aliphatic heterocycles. The quantitative estimate of drug-likeness (QED) is 0.476. The van der Waals surface area contributed by atoms with E-state index >= 15 is 0 Å². The number of hydrogen-bond acceptors (Lipinski definition) is 4. The number of aromatic hydroxyl groups is 1. The van der Waals surface area contributed by atoms with E-state index in [1.54, 1.807) is 6.07 Å². The van der Waals surface area contributed by atoms with Gasteiger partial charge in [0, 0.05) is 5.25 Å². The van der Waals surface area contributed by atoms with E-state index in [2.05, 4.69) is 0 Å². The summed E-state index contributed by atoms with van der Waals surface area (Å²) in [4.78, 5) is 10.7. The number of hydrogen-bond donors (Lipinski definition) is 1. The lowest BCUT2D eigenvalue weighted by Crippen LogP contribution is -1.93. The predicted octanol–water partition coefficient (Wildman–Crippen LogP) is 2.80. The van der Waals surface area contributed by atoms with Crippen molar-refractivity contribution in [1.29, 1.82) is 0 Å². The number of thioether (sulfide) groups is 1. The van der Waals surface area contributed by atoms with Crippen LogP contribution in [-0.4, -0.2) is 15.3 Å². The molecule has 1 rings (SSSR count). The van der Waals surface area contributed by atoms with Crippen LogP contribution in [-0.2, 0) is 0 Å². The van der Waals surface area contributed by atoms with Gasteiger partial charge in [0.1, 0.15) is 5.75 Å². The van der Waals surface area contributed by atoms with Crippen molar-refractivity contribution < 1.29 is 10.0 Å². The van der Waals surface area contributed by atoms with E-state index in [1.165, 1.54) is 23.9 Å². The summed E-state index contributed by atoms with van der Waals surface area (Å²) < 4.78 is 0. The second kappa shape index (κ2) is 4.32. The van der Waals surface area contributed by atoms with E-state index in [0.717, 1.165) is 0 Å². The Labute approximate surface area is 86.1 Å². The molecule has 0 heterocycles. The Morgan fingerprint density at radius 2 is 2.14 bits per heavy atom. The maximum Gasteiger partial charge on any atom is 0.286 e. The van der Waals surface area contributed by atoms with Gasteiger partial charge >= 0.3 is 0 Å². The largest absolute Gasteiger partial charge is 0.508 e. The zero-order chi connectivity index (χ0) is 10.7. The Morgan fingerprint density at radius 3 is 2.64 bits per heavy atom. The number of nitro benzene ring substituents is 1. The van der Waals surface area contributed by atoms with Crippen LogP contribution >= 0.6 is 11.8 Å². The highest BCUT2D eigenvalue weighted by atomic mass is 32.2. The standard InChI is InChI=1S/C9H11NO3S/c1-6(2)14-9-4-3-7(11)5-8(9)10(12)13/h3-6,11H,1-2H3. The van der Waals surface area contributed by atoms with Crippen LogP contribution in [0.5, 0.6) is 5.75 Å². The van der Waals surface area contributed by atoms with Crippen LogP contribution in [0.2, 0.25) is 0 Å². The van der Waals surface area contributed by atoms with Gasteiger partial charge in [-0.05, 0) is 12.1 Å². The Balaban J connectivity index is 3.08. The first kappa shape index (κ1) is 10.8. The second-order valence-corrected chi connectivity index (χ2v) is 4.69. The van der Waals surface area contributed by atoms with Crippen molar-refractivity contribution in [2.75, 3.05) is 0 Å². The molecule has 0 amide bonds. The number of nitrogens with zero attached hydrogens (tertiary/aromatic N) is 1. The fourth-order valence-corrected chi connectivity index (χ4v) is 1.91. The fourth-order valence-electron chi connectivity index (χ4n) is 1.00. The van der Waals surface area contributed by atoms with Crippen molar-refractivity contribution in [1.82, 2.24) is 0 Å². The van der Waals surface area contributed by atoms with Crippen LogP contribution in [0.3, 0.4) is 0 Å². The molecule has 0 atom stereocenters. The van der Waals surface area contributed by atoms with E-state index in [0.29, 0.717) is 4.90 Å². The average molecular weight is 213 g/mol. The molecular weight excluding hydrogens is 202 g/mol. The topological polar surface area (TPSA) is 63.4 Å². The Kier molecular flexibility index (Phi) is 3.35. The average Bonchev–Trinajstić information content (AvgIpc) is 2.07. The molecule has 5 heteroatoms. The molecule has 76 valence electrons. The lowest BCUT2D eigenvalue weighted by atomic mass is 10.3. The normalized spacial score (nSPS) is 10.5. The zero-order valence-electron chi connectivity index (χ0n) is 7.93. The maximum absolute atomic E-state index is 10.6. The van der Waals surface area contributed by atoms with Crippen LogP contribution in [0.25, 0.3) is 0 Å². The molecule has 0 saturated heterocycles. The van der Waals surface area contributed by atoms with Gasteiger partial charge in [-0.15, -0.1) is 11.8 Å². The number of phenols is 1. The minimum Gasteiger partial charge on any atom is -0.508 e. The summed E-state index contributed by atoms with van der Waals surface area (Å²) in [6, 6.07) is 4.20.